The van der Waals surface area contributed by atoms with Gasteiger partial charge in [0.25, 0.3) is 0 Å². The lowest BCUT2D eigenvalue weighted by molar-refractivity contribution is -0.121. The molecule has 2 N–H and O–H groups in total. The maximum absolute atomic E-state index is 12.2. The number of nitrogens with one attached hydrogen (secondary N) is 2. The van der Waals surface area contributed by atoms with Crippen molar-refractivity contribution in [2.75, 3.05) is 20.1 Å². The monoisotopic (exact) mass is 457 g/mol. The van der Waals surface area contributed by atoms with Crippen LogP contribution in [0.1, 0.15) is 43.4 Å². The van der Waals surface area contributed by atoms with Crippen molar-refractivity contribution in [3.05, 3.63) is 65.2 Å². The molecule has 1 amide bonds. The number of likely N-dealkylation sites (tertiary alicyclic amines) is 1. The van der Waals surface area contributed by atoms with Gasteiger partial charge in [-0.2, -0.15) is 0 Å². The second-order valence-electron chi connectivity index (χ2n) is 9.08. The SMILES string of the molecule is CNS(=O)(=O)c1ccc(CCC(=O)NCc2ccc(CN3CC(C)CC(C)C3)cc2)cc1. The van der Waals surface area contributed by atoms with Crippen LogP contribution in [0.2, 0.25) is 0 Å². The number of nitrogens with zero attached hydrogens (tertiary/aromatic N) is 1. The van der Waals surface area contributed by atoms with Gasteiger partial charge in [0.15, 0.2) is 0 Å². The van der Waals surface area contributed by atoms with E-state index >= 15 is 0 Å². The van der Waals surface area contributed by atoms with E-state index in [0.717, 1.165) is 42.6 Å². The van der Waals surface area contributed by atoms with E-state index in [1.165, 1.54) is 19.0 Å². The molecular formula is C25H35N3O3S. The minimum Gasteiger partial charge on any atom is -0.352 e. The molecule has 1 fully saturated rings. The van der Waals surface area contributed by atoms with E-state index in [4.69, 9.17) is 0 Å². The molecule has 3 rings (SSSR count). The van der Waals surface area contributed by atoms with E-state index in [1.54, 1.807) is 24.3 Å². The van der Waals surface area contributed by atoms with E-state index in [9.17, 15) is 13.2 Å². The van der Waals surface area contributed by atoms with Gasteiger partial charge in [-0.05, 0) is 60.5 Å². The third kappa shape index (κ3) is 7.15. The fourth-order valence-electron chi connectivity index (χ4n) is 4.44. The number of hydrogen-bond donors (Lipinski definition) is 2. The highest BCUT2D eigenvalue weighted by Crippen LogP contribution is 2.22. The van der Waals surface area contributed by atoms with E-state index in [2.05, 4.69) is 53.1 Å². The standard InChI is InChI=1S/C25H35N3O3S/c1-19-14-20(2)17-28(16-19)18-23-6-4-22(5-7-23)15-27-25(29)13-10-21-8-11-24(12-9-21)32(30,31)26-3/h4-9,11-12,19-20,26H,10,13-18H2,1-3H3,(H,27,29). The van der Waals surface area contributed by atoms with Crippen LogP contribution in [0.25, 0.3) is 0 Å². The van der Waals surface area contributed by atoms with Gasteiger partial charge in [0.2, 0.25) is 15.9 Å². The molecule has 6 nitrogen and oxygen atoms in total. The predicted molar refractivity (Wildman–Crippen MR) is 128 cm³/mol. The Kier molecular flexibility index (Phi) is 8.45. The third-order valence-corrected chi connectivity index (χ3v) is 7.44. The zero-order valence-corrected chi connectivity index (χ0v) is 20.1. The number of rotatable bonds is 9. The van der Waals surface area contributed by atoms with Gasteiger partial charge >= 0.3 is 0 Å². The Hall–Kier alpha value is -2.22. The van der Waals surface area contributed by atoms with Crippen LogP contribution in [0, 0.1) is 11.8 Å². The van der Waals surface area contributed by atoms with Crippen LogP contribution >= 0.6 is 0 Å². The van der Waals surface area contributed by atoms with Crippen LogP contribution in [0.3, 0.4) is 0 Å². The summed E-state index contributed by atoms with van der Waals surface area (Å²) >= 11 is 0. The number of aryl methyl sites for hydroxylation is 1. The molecule has 2 atom stereocenters. The minimum atomic E-state index is -3.43. The van der Waals surface area contributed by atoms with Crippen molar-refractivity contribution in [1.82, 2.24) is 14.9 Å². The molecule has 1 aliphatic rings. The lowest BCUT2D eigenvalue weighted by Gasteiger charge is -2.35. The maximum Gasteiger partial charge on any atom is 0.240 e. The van der Waals surface area contributed by atoms with Crippen LogP contribution in [0.5, 0.6) is 0 Å². The highest BCUT2D eigenvalue weighted by atomic mass is 32.2. The second-order valence-corrected chi connectivity index (χ2v) is 11.0. The molecule has 0 aromatic heterocycles. The number of carbonyl (C=O) groups excluding carboxylic acids is 1. The molecule has 1 aliphatic heterocycles. The molecule has 1 heterocycles. The van der Waals surface area contributed by atoms with Crippen LogP contribution in [0.15, 0.2) is 53.4 Å². The van der Waals surface area contributed by atoms with E-state index < -0.39 is 10.0 Å². The third-order valence-electron chi connectivity index (χ3n) is 6.01. The van der Waals surface area contributed by atoms with E-state index in [1.807, 2.05) is 0 Å². The Morgan fingerprint density at radius 1 is 0.938 bits per heavy atom. The lowest BCUT2D eigenvalue weighted by Crippen LogP contribution is -2.38. The molecule has 1 saturated heterocycles. The molecule has 0 spiro atoms. The van der Waals surface area contributed by atoms with Crippen molar-refractivity contribution >= 4 is 15.9 Å². The quantitative estimate of drug-likeness (QED) is 0.606. The fraction of sp³-hybridized carbons (Fsp3) is 0.480. The molecule has 2 aromatic carbocycles. The van der Waals surface area contributed by atoms with Gasteiger partial charge in [0, 0.05) is 32.6 Å². The summed E-state index contributed by atoms with van der Waals surface area (Å²) in [5.41, 5.74) is 3.33. The molecule has 2 unspecified atom stereocenters. The number of sulfonamides is 1. The summed E-state index contributed by atoms with van der Waals surface area (Å²) in [6, 6.07) is 15.1. The highest BCUT2D eigenvalue weighted by Gasteiger charge is 2.21. The average Bonchev–Trinajstić information content (AvgIpc) is 2.77. The molecule has 7 heteroatoms. The van der Waals surface area contributed by atoms with E-state index in [0.29, 0.717) is 19.4 Å². The molecule has 2 aromatic rings. The van der Waals surface area contributed by atoms with Gasteiger partial charge in [-0.3, -0.25) is 9.69 Å². The summed E-state index contributed by atoms with van der Waals surface area (Å²) in [5, 5.41) is 2.97. The first-order valence-corrected chi connectivity index (χ1v) is 12.8. The van der Waals surface area contributed by atoms with Crippen LogP contribution < -0.4 is 10.0 Å². The predicted octanol–water partition coefficient (Wildman–Crippen LogP) is 3.32. The van der Waals surface area contributed by atoms with Crippen molar-refractivity contribution in [2.24, 2.45) is 11.8 Å². The average molecular weight is 458 g/mol. The van der Waals surface area contributed by atoms with E-state index in [-0.39, 0.29) is 10.8 Å². The number of carbonyl (C=O) groups is 1. The van der Waals surface area contributed by atoms with Crippen molar-refractivity contribution in [3.63, 3.8) is 0 Å². The Morgan fingerprint density at radius 2 is 1.50 bits per heavy atom. The summed E-state index contributed by atoms with van der Waals surface area (Å²) in [7, 11) is -2.05. The first-order chi connectivity index (χ1) is 15.2. The number of amides is 1. The smallest absolute Gasteiger partial charge is 0.240 e. The molecular weight excluding hydrogens is 422 g/mol. The molecule has 32 heavy (non-hydrogen) atoms. The van der Waals surface area contributed by atoms with Crippen molar-refractivity contribution in [2.45, 2.75) is 51.1 Å². The largest absolute Gasteiger partial charge is 0.352 e. The number of hydrogen-bond acceptors (Lipinski definition) is 4. The van der Waals surface area contributed by atoms with Gasteiger partial charge in [0.1, 0.15) is 0 Å². The molecule has 0 aliphatic carbocycles. The summed E-state index contributed by atoms with van der Waals surface area (Å²) in [6.07, 6.45) is 2.25. The van der Waals surface area contributed by atoms with Gasteiger partial charge < -0.3 is 5.32 Å². The van der Waals surface area contributed by atoms with Crippen LogP contribution in [-0.2, 0) is 34.3 Å². The highest BCUT2D eigenvalue weighted by molar-refractivity contribution is 7.89. The summed E-state index contributed by atoms with van der Waals surface area (Å²) in [4.78, 5) is 15.0. The van der Waals surface area contributed by atoms with Gasteiger partial charge in [-0.1, -0.05) is 50.2 Å². The van der Waals surface area contributed by atoms with Crippen LogP contribution in [-0.4, -0.2) is 39.4 Å². The Morgan fingerprint density at radius 3 is 2.09 bits per heavy atom. The van der Waals surface area contributed by atoms with Gasteiger partial charge in [0.05, 0.1) is 4.90 Å². The molecule has 0 saturated carbocycles. The second kappa shape index (κ2) is 11.1. The minimum absolute atomic E-state index is 0.0164. The van der Waals surface area contributed by atoms with Crippen LogP contribution in [0.4, 0.5) is 0 Å². The molecule has 0 radical (unpaired) electrons. The normalized spacial score (nSPS) is 19.6. The Labute approximate surface area is 192 Å². The number of piperidine rings is 1. The summed E-state index contributed by atoms with van der Waals surface area (Å²) in [6.45, 7) is 8.48. The topological polar surface area (TPSA) is 78.5 Å². The van der Waals surface area contributed by atoms with Gasteiger partial charge in [-0.15, -0.1) is 0 Å². The summed E-state index contributed by atoms with van der Waals surface area (Å²) in [5.74, 6) is 1.50. The Bertz CT molecular complexity index is 978. The molecule has 0 bridgehead atoms. The number of benzene rings is 2. The zero-order valence-electron chi connectivity index (χ0n) is 19.3. The zero-order chi connectivity index (χ0) is 23.1. The van der Waals surface area contributed by atoms with Crippen molar-refractivity contribution < 1.29 is 13.2 Å². The maximum atomic E-state index is 12.2. The van der Waals surface area contributed by atoms with Crippen molar-refractivity contribution in [3.8, 4) is 0 Å². The summed E-state index contributed by atoms with van der Waals surface area (Å²) < 4.78 is 25.8. The van der Waals surface area contributed by atoms with Gasteiger partial charge in [-0.25, -0.2) is 13.1 Å². The first-order valence-electron chi connectivity index (χ1n) is 11.3. The van der Waals surface area contributed by atoms with Crippen molar-refractivity contribution in [1.29, 1.82) is 0 Å². The fourth-order valence-corrected chi connectivity index (χ4v) is 5.17. The Balaban J connectivity index is 1.42. The molecule has 174 valence electrons. The first kappa shape index (κ1) is 24.4. The lowest BCUT2D eigenvalue weighted by atomic mass is 9.91.